The van der Waals surface area contributed by atoms with Crippen LogP contribution >= 0.6 is 21.2 Å². The lowest BCUT2D eigenvalue weighted by molar-refractivity contribution is 0.610. The van der Waals surface area contributed by atoms with Crippen LogP contribution in [0.3, 0.4) is 0 Å². The Kier molecular flexibility index (Phi) is 3.66. The highest BCUT2D eigenvalue weighted by Crippen LogP contribution is 1.75. The molecule has 0 rings (SSSR count). The molecule has 0 aliphatic rings. The van der Waals surface area contributed by atoms with Crippen molar-refractivity contribution in [1.82, 2.24) is 0 Å². The van der Waals surface area contributed by atoms with E-state index in [2.05, 4.69) is 0 Å². The molecule has 0 bridgehead atoms. The molecule has 0 aromatic heterocycles. The standard InChI is InChI=1S/IO2S2/c1-5(3)4-2/q-1. The van der Waals surface area contributed by atoms with Crippen LogP contribution < -0.4 is 0 Å². The van der Waals surface area contributed by atoms with Gasteiger partial charge in [-0.2, -0.15) is 21.2 Å². The second-order valence-electron chi connectivity index (χ2n) is 0.262. The van der Waals surface area contributed by atoms with E-state index in [1.165, 1.54) is 21.2 Å². The first-order chi connectivity index (χ1) is 2.27. The molecule has 0 saturated heterocycles. The Morgan fingerprint density at radius 2 is 2.00 bits per heavy atom. The van der Waals surface area contributed by atoms with E-state index < -0.39 is 6.53 Å². The normalized spacial score (nSPS) is 8.40. The van der Waals surface area contributed by atoms with Crippen molar-refractivity contribution in [2.45, 2.75) is 0 Å². The van der Waals surface area contributed by atoms with Crippen molar-refractivity contribution < 1.29 is 8.42 Å². The summed E-state index contributed by atoms with van der Waals surface area (Å²) in [4.78, 5) is 0. The molecule has 0 fully saturated rings. The Bertz CT molecular complexity index is 105. The van der Waals surface area contributed by atoms with Crippen molar-refractivity contribution in [2.24, 2.45) is 0 Å². The number of hydrogen-bond donors (Lipinski definition) is 0. The van der Waals surface area contributed by atoms with Crippen LogP contribution in [0.15, 0.2) is 0 Å². The van der Waals surface area contributed by atoms with Gasteiger partial charge in [-0.3, -0.25) is 0 Å². The Morgan fingerprint density at radius 1 is 1.80 bits per heavy atom. The summed E-state index contributed by atoms with van der Waals surface area (Å²) in [5.74, 6) is 0. The Morgan fingerprint density at radius 3 is 2.00 bits per heavy atom. The molecule has 0 heterocycles. The minimum Gasteiger partial charge on any atom is -0.439 e. The fourth-order valence-electron chi connectivity index (χ4n) is 0. The van der Waals surface area contributed by atoms with Crippen LogP contribution in [-0.2, 0) is 21.0 Å². The van der Waals surface area contributed by atoms with Crippen molar-refractivity contribution in [3.8, 4) is 0 Å². The molecule has 0 aromatic rings. The van der Waals surface area contributed by atoms with Crippen molar-refractivity contribution in [3.63, 3.8) is 0 Å². The summed E-state index contributed by atoms with van der Waals surface area (Å²) in [7, 11) is 0.0885. The maximum absolute atomic E-state index is 9.56. The summed E-state index contributed by atoms with van der Waals surface area (Å²) in [6.45, 7) is -1.24. The fraction of sp³-hybridized carbons (Fsp3) is 0. The molecule has 0 amide bonds. The molecule has 0 aromatic carbocycles. The second kappa shape index (κ2) is 3.10. The Labute approximate surface area is 46.3 Å². The minimum atomic E-state index is -1.24. The first-order valence-corrected chi connectivity index (χ1v) is 5.61. The zero-order valence-corrected chi connectivity index (χ0v) is 5.80. The molecule has 5 heteroatoms. The van der Waals surface area contributed by atoms with E-state index in [-0.39, 0.29) is 10.2 Å². The van der Waals surface area contributed by atoms with Crippen molar-refractivity contribution in [2.75, 3.05) is 0 Å². The van der Waals surface area contributed by atoms with Gasteiger partial charge in [0.25, 0.3) is 0 Å². The Hall–Kier alpha value is 0.900. The molecule has 2 nitrogen and oxygen atoms in total. The van der Waals surface area contributed by atoms with Gasteiger partial charge < -0.3 is 4.21 Å². The van der Waals surface area contributed by atoms with Crippen LogP contribution in [0.2, 0.25) is 0 Å². The van der Waals surface area contributed by atoms with Crippen molar-refractivity contribution in [3.05, 3.63) is 0 Å². The van der Waals surface area contributed by atoms with Gasteiger partial charge in [0.1, 0.15) is 0 Å². The van der Waals surface area contributed by atoms with E-state index in [0.717, 1.165) is 0 Å². The van der Waals surface area contributed by atoms with Crippen LogP contribution in [0.25, 0.3) is 0 Å². The summed E-state index contributed by atoms with van der Waals surface area (Å²) in [5.41, 5.74) is 0. The molecule has 0 N–H and O–H groups in total. The van der Waals surface area contributed by atoms with Crippen molar-refractivity contribution >= 4 is 38.0 Å². The van der Waals surface area contributed by atoms with E-state index in [1.807, 2.05) is 0 Å². The third kappa shape index (κ3) is 4.90. The third-order valence-electron chi connectivity index (χ3n) is 0.0535. The molecular weight excluding hydrogens is 223 g/mol. The predicted octanol–water partition coefficient (Wildman–Crippen LogP) is 0.428. The smallest absolute Gasteiger partial charge is 0.0173 e. The molecule has 0 aliphatic heterocycles. The monoisotopic (exact) mass is 223 g/mol. The summed E-state index contributed by atoms with van der Waals surface area (Å²) < 4.78 is 18.8. The lowest BCUT2D eigenvalue weighted by atomic mass is 16.0. The van der Waals surface area contributed by atoms with Gasteiger partial charge in [-0.05, 0) is 10.2 Å². The average molecular weight is 223 g/mol. The van der Waals surface area contributed by atoms with Crippen LogP contribution in [-0.4, -0.2) is 4.21 Å². The van der Waals surface area contributed by atoms with Crippen LogP contribution in [0.4, 0.5) is 0 Å². The molecule has 0 atom stereocenters. The summed E-state index contributed by atoms with van der Waals surface area (Å²) in [6.07, 6.45) is 0. The Balaban J connectivity index is 4.22. The van der Waals surface area contributed by atoms with Crippen LogP contribution in [0.1, 0.15) is 0 Å². The lowest BCUT2D eigenvalue weighted by Crippen LogP contribution is -1.39. The maximum atomic E-state index is 9.56. The number of hydrogen-bond acceptors (Lipinski definition) is 3. The third-order valence-corrected chi connectivity index (χ3v) is 1.80. The summed E-state index contributed by atoms with van der Waals surface area (Å²) >= 11 is 1.53. The largest absolute Gasteiger partial charge is 0.439 e. The molecule has 0 spiro atoms. The van der Waals surface area contributed by atoms with Gasteiger partial charge in [-0.1, -0.05) is 0 Å². The highest BCUT2D eigenvalue weighted by Gasteiger charge is 1.32. The van der Waals surface area contributed by atoms with E-state index in [9.17, 15) is 8.42 Å². The predicted molar refractivity (Wildman–Crippen MR) is 30.2 cm³/mol. The fourth-order valence-corrected chi connectivity index (χ4v) is 0. The zero-order valence-electron chi connectivity index (χ0n) is 2.01. The zero-order chi connectivity index (χ0) is 4.28. The molecule has 0 unspecified atom stereocenters. The van der Waals surface area contributed by atoms with Gasteiger partial charge in [0, 0.05) is 0 Å². The van der Waals surface area contributed by atoms with E-state index in [0.29, 0.717) is 0 Å². The first-order valence-electron chi connectivity index (χ1n) is 0.654. The van der Waals surface area contributed by atoms with Crippen LogP contribution in [0.5, 0.6) is 0 Å². The van der Waals surface area contributed by atoms with E-state index >= 15 is 0 Å². The molecule has 0 aliphatic carbocycles. The van der Waals surface area contributed by atoms with Gasteiger partial charge in [-0.15, -0.1) is 6.53 Å². The molecule has 32 valence electrons. The maximum Gasteiger partial charge on any atom is -0.0173 e. The molecule has 5 heavy (non-hydrogen) atoms. The average Bonchev–Trinajstić information content (AvgIpc) is 1.38. The SMILES string of the molecule is O=S=[S-](=O)I. The highest BCUT2D eigenvalue weighted by atomic mass is 127. The molecule has 0 radical (unpaired) electrons. The van der Waals surface area contributed by atoms with Crippen molar-refractivity contribution in [1.29, 1.82) is 0 Å². The van der Waals surface area contributed by atoms with Gasteiger partial charge in [0.2, 0.25) is 0 Å². The summed E-state index contributed by atoms with van der Waals surface area (Å²) in [5, 5.41) is 0. The van der Waals surface area contributed by atoms with E-state index in [4.69, 9.17) is 0 Å². The van der Waals surface area contributed by atoms with Gasteiger partial charge in [0.05, 0.1) is 0 Å². The first kappa shape index (κ1) is 5.90. The van der Waals surface area contributed by atoms with Gasteiger partial charge in [0.15, 0.2) is 0 Å². The quantitative estimate of drug-likeness (QED) is 0.339. The number of rotatable bonds is 0. The topological polar surface area (TPSA) is 34.1 Å². The second-order valence-corrected chi connectivity index (χ2v) is 6.30. The lowest BCUT2D eigenvalue weighted by Gasteiger charge is -1.63. The van der Waals surface area contributed by atoms with Gasteiger partial charge >= 0.3 is 0 Å². The van der Waals surface area contributed by atoms with Crippen LogP contribution in [0, 0.1) is 0 Å². The van der Waals surface area contributed by atoms with E-state index in [1.54, 1.807) is 0 Å². The van der Waals surface area contributed by atoms with Gasteiger partial charge in [-0.25, -0.2) is 4.21 Å². The number of halogens is 1. The summed E-state index contributed by atoms with van der Waals surface area (Å²) in [6, 6.07) is 0. The molecular formula is IO2S2-. The minimum absolute atomic E-state index is 0.0885. The molecule has 0 saturated carbocycles. The highest BCUT2D eigenvalue weighted by molar-refractivity contribution is 14.2.